The summed E-state index contributed by atoms with van der Waals surface area (Å²) in [7, 11) is 0. The van der Waals surface area contributed by atoms with E-state index in [9.17, 15) is 19.3 Å². The molecule has 0 fully saturated rings. The van der Waals surface area contributed by atoms with E-state index in [4.69, 9.17) is 9.84 Å². The van der Waals surface area contributed by atoms with Crippen molar-refractivity contribution in [3.05, 3.63) is 39.2 Å². The smallest absolute Gasteiger partial charge is 0.348 e. The maximum atomic E-state index is 13.9. The fraction of sp³-hybridized carbons (Fsp3) is 0.462. The van der Waals surface area contributed by atoms with Crippen LogP contribution in [0.4, 0.5) is 10.1 Å². The van der Waals surface area contributed by atoms with E-state index in [-0.39, 0.29) is 18.6 Å². The molecular weight excluding hydrogens is 269 g/mol. The first-order valence-corrected chi connectivity index (χ1v) is 5.96. The zero-order chi connectivity index (χ0) is 15.5. The monoisotopic (exact) mass is 285 g/mol. The molecule has 0 heterocycles. The minimum Gasteiger partial charge on any atom is -0.456 e. The van der Waals surface area contributed by atoms with E-state index in [0.29, 0.717) is 0 Å². The molecule has 0 bridgehead atoms. The summed E-state index contributed by atoms with van der Waals surface area (Å²) in [6, 6.07) is 2.06. The number of nitrogens with zero attached hydrogens (tertiary/aromatic N) is 1. The van der Waals surface area contributed by atoms with Crippen molar-refractivity contribution in [3.63, 3.8) is 0 Å². The first kappa shape index (κ1) is 16.0. The molecule has 0 aliphatic rings. The van der Waals surface area contributed by atoms with Crippen LogP contribution in [-0.2, 0) is 11.2 Å². The number of nitro groups is 1. The SMILES string of the molecule is CC(C)(C)OC(=O)c1c(F)cc(CCO)cc1[N+](=O)[O-]. The number of benzene rings is 1. The Balaban J connectivity index is 3.31. The number of aliphatic hydroxyl groups excluding tert-OH is 1. The maximum absolute atomic E-state index is 13.9. The molecular formula is C13H16FNO5. The van der Waals surface area contributed by atoms with E-state index in [1.54, 1.807) is 20.8 Å². The standard InChI is InChI=1S/C13H16FNO5/c1-13(2,3)20-12(17)11-9(14)6-8(4-5-16)7-10(11)15(18)19/h6-7,16H,4-5H2,1-3H3. The molecule has 0 spiro atoms. The molecule has 7 heteroatoms. The van der Waals surface area contributed by atoms with E-state index in [0.717, 1.165) is 12.1 Å². The highest BCUT2D eigenvalue weighted by atomic mass is 19.1. The molecule has 20 heavy (non-hydrogen) atoms. The van der Waals surface area contributed by atoms with Gasteiger partial charge in [-0.25, -0.2) is 9.18 Å². The van der Waals surface area contributed by atoms with Gasteiger partial charge in [-0.2, -0.15) is 0 Å². The van der Waals surface area contributed by atoms with Gasteiger partial charge < -0.3 is 9.84 Å². The van der Waals surface area contributed by atoms with Crippen molar-refractivity contribution in [3.8, 4) is 0 Å². The summed E-state index contributed by atoms with van der Waals surface area (Å²) in [6.07, 6.45) is 0.0619. The Kier molecular flexibility index (Phi) is 4.78. The van der Waals surface area contributed by atoms with E-state index in [1.165, 1.54) is 0 Å². The van der Waals surface area contributed by atoms with Crippen molar-refractivity contribution in [2.24, 2.45) is 0 Å². The van der Waals surface area contributed by atoms with Gasteiger partial charge in [-0.15, -0.1) is 0 Å². The summed E-state index contributed by atoms with van der Waals surface area (Å²) in [4.78, 5) is 22.0. The van der Waals surface area contributed by atoms with E-state index in [1.807, 2.05) is 0 Å². The molecule has 1 rings (SSSR count). The van der Waals surface area contributed by atoms with Crippen LogP contribution in [0.2, 0.25) is 0 Å². The first-order chi connectivity index (χ1) is 9.15. The van der Waals surface area contributed by atoms with Crippen molar-refractivity contribution < 1.29 is 24.0 Å². The quantitative estimate of drug-likeness (QED) is 0.520. The van der Waals surface area contributed by atoms with Gasteiger partial charge in [-0.3, -0.25) is 10.1 Å². The van der Waals surface area contributed by atoms with Crippen LogP contribution in [-0.4, -0.2) is 28.2 Å². The Morgan fingerprint density at radius 1 is 1.45 bits per heavy atom. The lowest BCUT2D eigenvalue weighted by atomic mass is 10.1. The van der Waals surface area contributed by atoms with Gasteiger partial charge in [0.05, 0.1) is 4.92 Å². The third-order valence-corrected chi connectivity index (χ3v) is 2.33. The summed E-state index contributed by atoms with van der Waals surface area (Å²) in [5, 5.41) is 19.8. The van der Waals surface area contributed by atoms with Crippen molar-refractivity contribution >= 4 is 11.7 Å². The number of carbonyl (C=O) groups excluding carboxylic acids is 1. The third kappa shape index (κ3) is 3.99. The summed E-state index contributed by atoms with van der Waals surface area (Å²) in [5.41, 5.74) is -2.01. The molecule has 6 nitrogen and oxygen atoms in total. The van der Waals surface area contributed by atoms with Crippen LogP contribution in [0.5, 0.6) is 0 Å². The minimum absolute atomic E-state index is 0.0619. The Bertz CT molecular complexity index is 536. The third-order valence-electron chi connectivity index (χ3n) is 2.33. The Hall–Kier alpha value is -2.02. The predicted octanol–water partition coefficient (Wildman–Crippen LogP) is 2.22. The Labute approximate surface area is 115 Å². The fourth-order valence-electron chi connectivity index (χ4n) is 1.60. The zero-order valence-electron chi connectivity index (χ0n) is 11.5. The fourth-order valence-corrected chi connectivity index (χ4v) is 1.60. The highest BCUT2D eigenvalue weighted by Crippen LogP contribution is 2.26. The van der Waals surface area contributed by atoms with Gasteiger partial charge in [0.1, 0.15) is 11.4 Å². The van der Waals surface area contributed by atoms with Crippen molar-refractivity contribution in [2.75, 3.05) is 6.61 Å². The van der Waals surface area contributed by atoms with Crippen molar-refractivity contribution in [1.82, 2.24) is 0 Å². The van der Waals surface area contributed by atoms with Gasteiger partial charge in [0.25, 0.3) is 5.69 Å². The van der Waals surface area contributed by atoms with Gasteiger partial charge in [-0.1, -0.05) is 0 Å². The number of rotatable bonds is 4. The lowest BCUT2D eigenvalue weighted by Gasteiger charge is -2.19. The van der Waals surface area contributed by atoms with Crippen LogP contribution in [0.15, 0.2) is 12.1 Å². The predicted molar refractivity (Wildman–Crippen MR) is 69.0 cm³/mol. The van der Waals surface area contributed by atoms with Crippen LogP contribution >= 0.6 is 0 Å². The van der Waals surface area contributed by atoms with Crippen LogP contribution in [0.3, 0.4) is 0 Å². The summed E-state index contributed by atoms with van der Waals surface area (Å²) in [5.74, 6) is -2.12. The second kappa shape index (κ2) is 5.96. The molecule has 0 aromatic heterocycles. The van der Waals surface area contributed by atoms with E-state index < -0.39 is 33.6 Å². The van der Waals surface area contributed by atoms with Crippen molar-refractivity contribution in [1.29, 1.82) is 0 Å². The Morgan fingerprint density at radius 3 is 2.50 bits per heavy atom. The lowest BCUT2D eigenvalue weighted by Crippen LogP contribution is -2.25. The second-order valence-corrected chi connectivity index (χ2v) is 5.20. The van der Waals surface area contributed by atoms with E-state index in [2.05, 4.69) is 0 Å². The van der Waals surface area contributed by atoms with Gasteiger partial charge in [0, 0.05) is 12.7 Å². The van der Waals surface area contributed by atoms with Crippen LogP contribution in [0.1, 0.15) is 36.7 Å². The van der Waals surface area contributed by atoms with Crippen molar-refractivity contribution in [2.45, 2.75) is 32.8 Å². The lowest BCUT2D eigenvalue weighted by molar-refractivity contribution is -0.385. The normalized spacial score (nSPS) is 11.2. The molecule has 0 atom stereocenters. The van der Waals surface area contributed by atoms with Crippen LogP contribution in [0, 0.1) is 15.9 Å². The molecule has 0 aliphatic carbocycles. The van der Waals surface area contributed by atoms with E-state index >= 15 is 0 Å². The van der Waals surface area contributed by atoms with Gasteiger partial charge >= 0.3 is 5.97 Å². The highest BCUT2D eigenvalue weighted by molar-refractivity contribution is 5.94. The first-order valence-electron chi connectivity index (χ1n) is 5.96. The molecule has 0 saturated carbocycles. The zero-order valence-corrected chi connectivity index (χ0v) is 11.5. The number of aliphatic hydroxyl groups is 1. The summed E-state index contributed by atoms with van der Waals surface area (Å²) >= 11 is 0. The summed E-state index contributed by atoms with van der Waals surface area (Å²) < 4.78 is 18.9. The molecule has 0 aliphatic heterocycles. The molecule has 0 unspecified atom stereocenters. The topological polar surface area (TPSA) is 89.7 Å². The van der Waals surface area contributed by atoms with Crippen LogP contribution in [0.25, 0.3) is 0 Å². The molecule has 0 radical (unpaired) electrons. The molecule has 0 amide bonds. The maximum Gasteiger partial charge on any atom is 0.348 e. The van der Waals surface area contributed by atoms with Gasteiger partial charge in [0.2, 0.25) is 0 Å². The number of halogens is 1. The number of ether oxygens (including phenoxy) is 1. The van der Waals surface area contributed by atoms with Gasteiger partial charge in [0.15, 0.2) is 5.56 Å². The number of nitro benzene ring substituents is 1. The number of hydrogen-bond acceptors (Lipinski definition) is 5. The largest absolute Gasteiger partial charge is 0.456 e. The second-order valence-electron chi connectivity index (χ2n) is 5.20. The number of carbonyl (C=O) groups is 1. The average molecular weight is 285 g/mol. The average Bonchev–Trinajstić information content (AvgIpc) is 2.25. The highest BCUT2D eigenvalue weighted by Gasteiger charge is 2.30. The van der Waals surface area contributed by atoms with Crippen LogP contribution < -0.4 is 0 Å². The van der Waals surface area contributed by atoms with Gasteiger partial charge in [-0.05, 0) is 38.8 Å². The molecule has 110 valence electrons. The molecule has 0 saturated heterocycles. The molecule has 1 aromatic rings. The number of hydrogen-bond donors (Lipinski definition) is 1. The molecule has 1 aromatic carbocycles. The minimum atomic E-state index is -1.09. The Morgan fingerprint density at radius 2 is 2.05 bits per heavy atom. The molecule has 1 N–H and O–H groups in total. The summed E-state index contributed by atoms with van der Waals surface area (Å²) in [6.45, 7) is 4.46. The number of esters is 1.